The zero-order valence-corrected chi connectivity index (χ0v) is 42.1. The minimum atomic E-state index is -4.57. The van der Waals surface area contributed by atoms with E-state index in [0.29, 0.717) is 32.8 Å². The summed E-state index contributed by atoms with van der Waals surface area (Å²) in [6, 6.07) is 45.4. The van der Waals surface area contributed by atoms with Crippen LogP contribution in [0.5, 0.6) is 5.75 Å². The van der Waals surface area contributed by atoms with Crippen molar-refractivity contribution in [2.24, 2.45) is 0 Å². The molecule has 7 rings (SSSR count). The standard InChI is InChI=1S/C53H54N4O7S2.Na/c1-5-55(37-39-11-9-13-51(35-39)65(58,59)60)46-25-17-42(18-26-46)53(41-15-21-44(22-16-41)54-45-23-33-50(34-24-45)64-8-4)43-19-27-48(28-20-43)57(7-3)49-31-29-47(30-32-49)56(6-2)38-40-12-10-14-52(36-40)66(61,62)63;/h9-36H,5-8,37-38H2,1-4H3,(H2,58,59,60,61,62,63);/q;+1/p-1. The van der Waals surface area contributed by atoms with Crippen LogP contribution in [0.1, 0.15) is 49.9 Å². The molecule has 0 saturated heterocycles. The van der Waals surface area contributed by atoms with Gasteiger partial charge in [0.25, 0.3) is 0 Å². The van der Waals surface area contributed by atoms with Crippen molar-refractivity contribution in [3.05, 3.63) is 198 Å². The van der Waals surface area contributed by atoms with Crippen LogP contribution in [0, 0.1) is 0 Å². The molecule has 14 heteroatoms. The van der Waals surface area contributed by atoms with Crippen LogP contribution < -0.4 is 49.4 Å². The maximum Gasteiger partial charge on any atom is 1.00 e. The molecule has 0 amide bonds. The number of hydrogen-bond donors (Lipinski definition) is 1. The topological polar surface area (TPSA) is 145 Å². The molecule has 0 fully saturated rings. The average molecular weight is 945 g/mol. The number of nitrogens with one attached hydrogen (secondary N) is 1. The van der Waals surface area contributed by atoms with Gasteiger partial charge in [0.2, 0.25) is 0 Å². The minimum absolute atomic E-state index is 0. The van der Waals surface area contributed by atoms with Gasteiger partial charge in [-0.1, -0.05) is 48.5 Å². The summed E-state index contributed by atoms with van der Waals surface area (Å²) in [5, 5.41) is 3.49. The first-order valence-electron chi connectivity index (χ1n) is 21.9. The third-order valence-electron chi connectivity index (χ3n) is 11.3. The van der Waals surface area contributed by atoms with Crippen LogP contribution in [0.2, 0.25) is 0 Å². The first kappa shape index (κ1) is 50.6. The molecule has 1 N–H and O–H groups in total. The van der Waals surface area contributed by atoms with E-state index in [1.54, 1.807) is 12.1 Å². The first-order valence-corrected chi connectivity index (χ1v) is 24.7. The zero-order valence-electron chi connectivity index (χ0n) is 38.4. The Morgan fingerprint density at radius 2 is 1.09 bits per heavy atom. The molecule has 340 valence electrons. The van der Waals surface area contributed by atoms with Crippen LogP contribution in [-0.2, 0) is 33.3 Å². The molecular weight excluding hydrogens is 892 g/mol. The van der Waals surface area contributed by atoms with E-state index >= 15 is 0 Å². The monoisotopic (exact) mass is 944 g/mol. The van der Waals surface area contributed by atoms with E-state index in [9.17, 15) is 25.9 Å². The zero-order chi connectivity index (χ0) is 46.8. The van der Waals surface area contributed by atoms with Crippen molar-refractivity contribution in [2.45, 2.75) is 50.6 Å². The van der Waals surface area contributed by atoms with Crippen LogP contribution in [0.3, 0.4) is 0 Å². The smallest absolute Gasteiger partial charge is 0.744 e. The van der Waals surface area contributed by atoms with Gasteiger partial charge in [-0.2, -0.15) is 0 Å². The summed E-state index contributed by atoms with van der Waals surface area (Å²) in [6.45, 7) is 11.7. The number of benzene rings is 6. The summed E-state index contributed by atoms with van der Waals surface area (Å²) in [6.07, 6.45) is 8.35. The van der Waals surface area contributed by atoms with Crippen molar-refractivity contribution in [1.82, 2.24) is 0 Å². The van der Waals surface area contributed by atoms with Gasteiger partial charge >= 0.3 is 29.6 Å². The largest absolute Gasteiger partial charge is 1.00 e. The van der Waals surface area contributed by atoms with Gasteiger partial charge in [0.1, 0.15) is 32.5 Å². The van der Waals surface area contributed by atoms with Gasteiger partial charge in [0.15, 0.2) is 12.3 Å². The molecule has 0 heterocycles. The molecule has 0 saturated carbocycles. The fourth-order valence-corrected chi connectivity index (χ4v) is 9.09. The average Bonchev–Trinajstić information content (AvgIpc) is 3.32. The van der Waals surface area contributed by atoms with Gasteiger partial charge in [-0.05, 0) is 165 Å². The number of hydrogen-bond acceptors (Lipinski definition) is 10. The summed E-state index contributed by atoms with van der Waals surface area (Å²) in [7, 11) is -9.12. The van der Waals surface area contributed by atoms with Crippen molar-refractivity contribution in [3.8, 4) is 5.75 Å². The van der Waals surface area contributed by atoms with E-state index in [0.717, 1.165) is 79.8 Å². The second-order valence-corrected chi connectivity index (χ2v) is 18.4. The summed E-state index contributed by atoms with van der Waals surface area (Å²) in [5.41, 5.74) is 11.4. The maximum absolute atomic E-state index is 11.7. The molecule has 1 aliphatic rings. The van der Waals surface area contributed by atoms with Gasteiger partial charge in [0, 0.05) is 65.8 Å². The second-order valence-electron chi connectivity index (χ2n) is 15.6. The van der Waals surface area contributed by atoms with Crippen molar-refractivity contribution in [1.29, 1.82) is 0 Å². The molecule has 0 spiro atoms. The fraction of sp³-hybridized carbons (Fsp3) is 0.189. The molecule has 0 bridgehead atoms. The Hall–Kier alpha value is -5.77. The van der Waals surface area contributed by atoms with Gasteiger partial charge in [0.05, 0.1) is 16.4 Å². The van der Waals surface area contributed by atoms with Crippen LogP contribution in [0.15, 0.2) is 185 Å². The Balaban J connectivity index is 0.00000741. The van der Waals surface area contributed by atoms with Crippen LogP contribution in [-0.4, -0.2) is 62.5 Å². The van der Waals surface area contributed by atoms with Gasteiger partial charge in [-0.15, -0.1) is 0 Å². The number of anilines is 5. The maximum atomic E-state index is 11.7. The summed E-state index contributed by atoms with van der Waals surface area (Å²) in [4.78, 5) is 3.89. The summed E-state index contributed by atoms with van der Waals surface area (Å²) < 4.78 is 77.8. The number of ether oxygens (including phenoxy) is 1. The van der Waals surface area contributed by atoms with Crippen molar-refractivity contribution >= 4 is 60.0 Å². The Labute approximate surface area is 417 Å². The molecule has 1 aliphatic carbocycles. The van der Waals surface area contributed by atoms with Crippen LogP contribution >= 0.6 is 0 Å². The molecule has 0 radical (unpaired) electrons. The second kappa shape index (κ2) is 22.8. The molecule has 6 aromatic rings. The predicted octanol–water partition coefficient (Wildman–Crippen LogP) is 7.43. The number of rotatable bonds is 18. The Bertz CT molecular complexity index is 2990. The van der Waals surface area contributed by atoms with Crippen molar-refractivity contribution in [3.63, 3.8) is 0 Å². The summed E-state index contributed by atoms with van der Waals surface area (Å²) in [5.74, 6) is 0.819. The van der Waals surface area contributed by atoms with E-state index in [1.165, 1.54) is 24.3 Å². The first-order chi connectivity index (χ1) is 31.8. The van der Waals surface area contributed by atoms with Crippen molar-refractivity contribution < 1.29 is 64.8 Å². The molecule has 11 nitrogen and oxygen atoms in total. The van der Waals surface area contributed by atoms with E-state index in [2.05, 4.69) is 124 Å². The minimum Gasteiger partial charge on any atom is -0.744 e. The molecule has 6 aromatic carbocycles. The Morgan fingerprint density at radius 1 is 0.597 bits per heavy atom. The summed E-state index contributed by atoms with van der Waals surface area (Å²) >= 11 is 0. The van der Waals surface area contributed by atoms with Gasteiger partial charge in [-0.3, -0.25) is 0 Å². The molecule has 67 heavy (non-hydrogen) atoms. The van der Waals surface area contributed by atoms with E-state index in [4.69, 9.17) is 4.74 Å². The molecular formula is C53H53N4NaO7S2. The quantitative estimate of drug-likeness (QED) is 0.0525. The molecule has 0 aliphatic heterocycles. The van der Waals surface area contributed by atoms with E-state index in [-0.39, 0.29) is 39.3 Å². The number of allylic oxidation sites excluding steroid dienone is 5. The van der Waals surface area contributed by atoms with Crippen LogP contribution in [0.25, 0.3) is 5.57 Å². The fourth-order valence-electron chi connectivity index (χ4n) is 8.00. The van der Waals surface area contributed by atoms with Crippen LogP contribution in [0.4, 0.5) is 28.4 Å². The SMILES string of the molecule is CCOc1ccc(Nc2ccc(C(=C3C=CC(=[N+](CC)Cc4cccc(S(=O)(=O)[O-])c4)C=C3)c3ccc(N(CC)c4ccc(N(CC)Cc5cccc(S(=O)(=O)[O-])c5)cc4)cc3)cc2)cc1.[Na+]. The van der Waals surface area contributed by atoms with Gasteiger partial charge < -0.3 is 29.0 Å². The third kappa shape index (κ3) is 13.0. The Morgan fingerprint density at radius 3 is 1.60 bits per heavy atom. The van der Waals surface area contributed by atoms with E-state index < -0.39 is 20.2 Å². The normalized spacial score (nSPS) is 12.3. The van der Waals surface area contributed by atoms with Crippen molar-refractivity contribution in [2.75, 3.05) is 41.4 Å². The predicted molar refractivity (Wildman–Crippen MR) is 262 cm³/mol. The van der Waals surface area contributed by atoms with Gasteiger partial charge in [-0.25, -0.2) is 21.4 Å². The number of nitrogens with zero attached hydrogens (tertiary/aromatic N) is 3. The molecule has 0 aromatic heterocycles. The molecule has 0 atom stereocenters. The van der Waals surface area contributed by atoms with E-state index in [1.807, 2.05) is 57.2 Å². The third-order valence-corrected chi connectivity index (χ3v) is 13.0. The Kier molecular flexibility index (Phi) is 17.2. The molecule has 0 unspecified atom stereocenters.